The second-order valence-corrected chi connectivity index (χ2v) is 7.59. The minimum Gasteiger partial charge on any atom is -0.494 e. The van der Waals surface area contributed by atoms with Gasteiger partial charge in [0.1, 0.15) is 37.3 Å². The van der Waals surface area contributed by atoms with Crippen molar-refractivity contribution < 1.29 is 24.8 Å². The molecule has 0 aromatic heterocycles. The van der Waals surface area contributed by atoms with Crippen LogP contribution in [0.25, 0.3) is 0 Å². The zero-order valence-corrected chi connectivity index (χ0v) is 16.8. The third-order valence-electron chi connectivity index (χ3n) is 5.35. The third-order valence-corrected chi connectivity index (χ3v) is 5.35. The van der Waals surface area contributed by atoms with Gasteiger partial charge in [-0.25, -0.2) is 0 Å². The number of rotatable bonds is 10. The number of likely N-dealkylation sites (tertiary alicyclic amines) is 1. The van der Waals surface area contributed by atoms with Crippen LogP contribution in [0.1, 0.15) is 25.3 Å². The Morgan fingerprint density at radius 2 is 1.64 bits per heavy atom. The van der Waals surface area contributed by atoms with Gasteiger partial charge in [0.2, 0.25) is 0 Å². The maximum Gasteiger partial charge on any atom is 0.137 e. The molecule has 0 spiro atoms. The Bertz CT molecular complexity index is 670. The van der Waals surface area contributed by atoms with E-state index in [1.165, 1.54) is 31.5 Å². The van der Waals surface area contributed by atoms with E-state index in [-0.39, 0.29) is 0 Å². The van der Waals surface area contributed by atoms with E-state index < -0.39 is 6.10 Å². The molecule has 0 radical (unpaired) electrons. The zero-order chi connectivity index (χ0) is 19.6. The number of aliphatic hydroxyl groups excluding tert-OH is 1. The molecule has 4 N–H and O–H groups in total. The van der Waals surface area contributed by atoms with E-state index in [4.69, 9.17) is 9.47 Å². The Kier molecular flexibility index (Phi) is 8.15. The lowest BCUT2D eigenvalue weighted by Gasteiger charge is -2.28. The molecule has 152 valence electrons. The SMILES string of the molecule is CCOc1ccc(OC[C@H](O)C[NH2+]C2CC[NH+](Cc3ccccc3)CC2)cc1. The summed E-state index contributed by atoms with van der Waals surface area (Å²) < 4.78 is 11.1. The van der Waals surface area contributed by atoms with E-state index in [1.54, 1.807) is 4.90 Å². The summed E-state index contributed by atoms with van der Waals surface area (Å²) in [4.78, 5) is 1.66. The minimum absolute atomic E-state index is 0.322. The number of hydrogen-bond acceptors (Lipinski definition) is 3. The molecule has 5 nitrogen and oxygen atoms in total. The van der Waals surface area contributed by atoms with Crippen molar-refractivity contribution in [2.45, 2.75) is 38.5 Å². The van der Waals surface area contributed by atoms with Crippen molar-refractivity contribution in [2.75, 3.05) is 32.8 Å². The lowest BCUT2D eigenvalue weighted by atomic mass is 10.0. The summed E-state index contributed by atoms with van der Waals surface area (Å²) in [5.41, 5.74) is 1.42. The van der Waals surface area contributed by atoms with Gasteiger partial charge in [-0.2, -0.15) is 0 Å². The van der Waals surface area contributed by atoms with Crippen LogP contribution in [0.3, 0.4) is 0 Å². The predicted octanol–water partition coefficient (Wildman–Crippen LogP) is 0.636. The first-order valence-corrected chi connectivity index (χ1v) is 10.5. The van der Waals surface area contributed by atoms with Crippen LogP contribution in [-0.2, 0) is 6.54 Å². The standard InChI is InChI=1S/C23H32N2O3/c1-2-27-22-8-10-23(11-9-22)28-18-21(26)16-24-20-12-14-25(15-13-20)17-19-6-4-3-5-7-19/h3-11,20-21,24,26H,2,12-18H2,1H3/p+2/t21-/m1/s1. The van der Waals surface area contributed by atoms with E-state index in [9.17, 15) is 5.11 Å². The van der Waals surface area contributed by atoms with Gasteiger partial charge in [-0.1, -0.05) is 30.3 Å². The summed E-state index contributed by atoms with van der Waals surface area (Å²) in [6.45, 7) is 7.15. The Hall–Kier alpha value is -2.08. The molecule has 2 aromatic rings. The van der Waals surface area contributed by atoms with Crippen LogP contribution in [0.2, 0.25) is 0 Å². The number of hydrogen-bond donors (Lipinski definition) is 3. The summed E-state index contributed by atoms with van der Waals surface area (Å²) in [6.07, 6.45) is 1.95. The molecule has 28 heavy (non-hydrogen) atoms. The summed E-state index contributed by atoms with van der Waals surface area (Å²) in [5, 5.41) is 12.5. The first-order valence-electron chi connectivity index (χ1n) is 10.5. The van der Waals surface area contributed by atoms with Crippen LogP contribution < -0.4 is 19.7 Å². The average molecular weight is 387 g/mol. The molecule has 5 heteroatoms. The number of nitrogens with two attached hydrogens (primary N) is 1. The lowest BCUT2D eigenvalue weighted by molar-refractivity contribution is -0.926. The van der Waals surface area contributed by atoms with Crippen molar-refractivity contribution in [2.24, 2.45) is 0 Å². The maximum absolute atomic E-state index is 10.2. The van der Waals surface area contributed by atoms with Gasteiger partial charge < -0.3 is 24.8 Å². The Morgan fingerprint density at radius 3 is 2.29 bits per heavy atom. The Labute approximate surface area is 168 Å². The molecule has 1 aliphatic heterocycles. The molecule has 1 atom stereocenters. The summed E-state index contributed by atoms with van der Waals surface area (Å²) in [7, 11) is 0. The molecule has 1 fully saturated rings. The second-order valence-electron chi connectivity index (χ2n) is 7.59. The first-order chi connectivity index (χ1) is 13.7. The quantitative estimate of drug-likeness (QED) is 0.562. The molecule has 0 bridgehead atoms. The van der Waals surface area contributed by atoms with Gasteiger partial charge in [-0.15, -0.1) is 0 Å². The van der Waals surface area contributed by atoms with Gasteiger partial charge in [0.15, 0.2) is 0 Å². The van der Waals surface area contributed by atoms with Crippen LogP contribution in [0.15, 0.2) is 54.6 Å². The molecule has 1 saturated heterocycles. The van der Waals surface area contributed by atoms with Crippen molar-refractivity contribution in [3.8, 4) is 11.5 Å². The fourth-order valence-electron chi connectivity index (χ4n) is 3.75. The van der Waals surface area contributed by atoms with Gasteiger partial charge in [-0.05, 0) is 31.2 Å². The fraction of sp³-hybridized carbons (Fsp3) is 0.478. The van der Waals surface area contributed by atoms with E-state index >= 15 is 0 Å². The topological polar surface area (TPSA) is 59.7 Å². The predicted molar refractivity (Wildman–Crippen MR) is 110 cm³/mol. The van der Waals surface area contributed by atoms with Gasteiger partial charge in [-0.3, -0.25) is 0 Å². The third kappa shape index (κ3) is 6.82. The average Bonchev–Trinajstić information content (AvgIpc) is 2.74. The zero-order valence-electron chi connectivity index (χ0n) is 16.8. The number of aliphatic hydroxyl groups is 1. The number of piperidine rings is 1. The summed E-state index contributed by atoms with van der Waals surface area (Å²) in [6, 6.07) is 18.9. The molecule has 0 saturated carbocycles. The highest BCUT2D eigenvalue weighted by Gasteiger charge is 2.25. The summed E-state index contributed by atoms with van der Waals surface area (Å²) in [5.74, 6) is 1.60. The van der Waals surface area contributed by atoms with Crippen molar-refractivity contribution in [1.82, 2.24) is 0 Å². The first kappa shape index (κ1) is 20.6. The van der Waals surface area contributed by atoms with Gasteiger partial charge in [0, 0.05) is 18.4 Å². The van der Waals surface area contributed by atoms with E-state index in [2.05, 4.69) is 35.6 Å². The number of nitrogens with one attached hydrogen (secondary N) is 1. The smallest absolute Gasteiger partial charge is 0.137 e. The highest BCUT2D eigenvalue weighted by atomic mass is 16.5. The van der Waals surface area contributed by atoms with Crippen LogP contribution in [-0.4, -0.2) is 50.1 Å². The van der Waals surface area contributed by atoms with Gasteiger partial charge in [0.05, 0.1) is 25.7 Å². The van der Waals surface area contributed by atoms with Crippen molar-refractivity contribution in [3.05, 3.63) is 60.2 Å². The normalized spacial score (nSPS) is 20.5. The molecule has 0 amide bonds. The Morgan fingerprint density at radius 1 is 1.00 bits per heavy atom. The van der Waals surface area contributed by atoms with Crippen molar-refractivity contribution >= 4 is 0 Å². The lowest BCUT2D eigenvalue weighted by Crippen LogP contribution is -3.13. The number of benzene rings is 2. The van der Waals surface area contributed by atoms with Gasteiger partial charge in [0.25, 0.3) is 0 Å². The molecule has 2 aromatic carbocycles. The van der Waals surface area contributed by atoms with Crippen LogP contribution >= 0.6 is 0 Å². The molecule has 1 aliphatic rings. The van der Waals surface area contributed by atoms with E-state index in [0.717, 1.165) is 18.0 Å². The monoisotopic (exact) mass is 386 g/mol. The highest BCUT2D eigenvalue weighted by Crippen LogP contribution is 2.17. The van der Waals surface area contributed by atoms with Crippen LogP contribution in [0.5, 0.6) is 11.5 Å². The Balaban J connectivity index is 1.30. The maximum atomic E-state index is 10.2. The van der Waals surface area contributed by atoms with E-state index in [1.807, 2.05) is 31.2 Å². The van der Waals surface area contributed by atoms with Crippen LogP contribution in [0, 0.1) is 0 Å². The molecule has 0 unspecified atom stereocenters. The highest BCUT2D eigenvalue weighted by molar-refractivity contribution is 5.31. The largest absolute Gasteiger partial charge is 0.494 e. The van der Waals surface area contributed by atoms with Crippen molar-refractivity contribution in [1.29, 1.82) is 0 Å². The molecular weight excluding hydrogens is 352 g/mol. The molecular formula is C23H34N2O3+2. The van der Waals surface area contributed by atoms with E-state index in [0.29, 0.717) is 25.8 Å². The molecule has 3 rings (SSSR count). The van der Waals surface area contributed by atoms with Crippen molar-refractivity contribution in [3.63, 3.8) is 0 Å². The minimum atomic E-state index is -0.457. The summed E-state index contributed by atoms with van der Waals surface area (Å²) >= 11 is 0. The fourth-order valence-corrected chi connectivity index (χ4v) is 3.75. The van der Waals surface area contributed by atoms with Gasteiger partial charge >= 0.3 is 0 Å². The molecule has 0 aliphatic carbocycles. The molecule has 1 heterocycles. The number of ether oxygens (including phenoxy) is 2. The second kappa shape index (κ2) is 11.1. The van der Waals surface area contributed by atoms with Crippen LogP contribution in [0.4, 0.5) is 0 Å². The number of quaternary nitrogens is 2.